The lowest BCUT2D eigenvalue weighted by molar-refractivity contribution is 0.188. The highest BCUT2D eigenvalue weighted by atomic mass is 15.0. The highest BCUT2D eigenvalue weighted by molar-refractivity contribution is 4.94. The van der Waals surface area contributed by atoms with Crippen molar-refractivity contribution in [3.63, 3.8) is 0 Å². The van der Waals surface area contributed by atoms with Gasteiger partial charge in [0.05, 0.1) is 0 Å². The molecule has 1 fully saturated rings. The Hall–Kier alpha value is -0.340. The van der Waals surface area contributed by atoms with E-state index in [-0.39, 0.29) is 5.54 Å². The van der Waals surface area contributed by atoms with Gasteiger partial charge in [0.2, 0.25) is 0 Å². The number of rotatable bonds is 7. The van der Waals surface area contributed by atoms with Crippen LogP contribution in [0.5, 0.6) is 0 Å². The molecule has 0 saturated heterocycles. The molecule has 0 aromatic heterocycles. The number of nitrogens with one attached hydrogen (secondary N) is 1. The smallest absolute Gasteiger partial charge is 0.0304 e. The summed E-state index contributed by atoms with van der Waals surface area (Å²) >= 11 is 0. The van der Waals surface area contributed by atoms with Crippen LogP contribution in [0.15, 0.2) is 12.2 Å². The molecule has 0 bridgehead atoms. The van der Waals surface area contributed by atoms with Gasteiger partial charge < -0.3 is 11.1 Å². The Labute approximate surface area is 107 Å². The molecule has 0 amide bonds. The predicted octanol–water partition coefficient (Wildman–Crippen LogP) is 3.23. The normalized spacial score (nSPS) is 29.9. The molecule has 1 saturated carbocycles. The summed E-state index contributed by atoms with van der Waals surface area (Å²) in [6.07, 6.45) is 13.5. The zero-order valence-corrected chi connectivity index (χ0v) is 11.7. The van der Waals surface area contributed by atoms with Crippen LogP contribution in [0.25, 0.3) is 0 Å². The van der Waals surface area contributed by atoms with Crippen LogP contribution in [-0.2, 0) is 0 Å². The van der Waals surface area contributed by atoms with E-state index in [9.17, 15) is 0 Å². The van der Waals surface area contributed by atoms with Crippen LogP contribution in [0, 0.1) is 5.92 Å². The van der Waals surface area contributed by atoms with Gasteiger partial charge in [-0.25, -0.2) is 0 Å². The maximum absolute atomic E-state index is 5.99. The first-order valence-corrected chi connectivity index (χ1v) is 7.32. The highest BCUT2D eigenvalue weighted by Crippen LogP contribution is 2.33. The average Bonchev–Trinajstić information content (AvgIpc) is 2.37. The third kappa shape index (κ3) is 4.81. The molecule has 0 spiro atoms. The minimum absolute atomic E-state index is 0.242. The van der Waals surface area contributed by atoms with Gasteiger partial charge >= 0.3 is 0 Å². The summed E-state index contributed by atoms with van der Waals surface area (Å²) in [5.41, 5.74) is 6.23. The second-order valence-electron chi connectivity index (χ2n) is 5.50. The van der Waals surface area contributed by atoms with E-state index < -0.39 is 0 Å². The second kappa shape index (κ2) is 7.88. The lowest BCUT2D eigenvalue weighted by Crippen LogP contribution is -2.53. The third-order valence-electron chi connectivity index (χ3n) is 4.20. The first-order valence-electron chi connectivity index (χ1n) is 7.32. The molecule has 0 radical (unpaired) electrons. The summed E-state index contributed by atoms with van der Waals surface area (Å²) in [5.74, 6) is 0.956. The molecular weight excluding hydrogens is 208 g/mol. The van der Waals surface area contributed by atoms with E-state index in [0.29, 0.717) is 0 Å². The minimum Gasteiger partial charge on any atom is -0.329 e. The van der Waals surface area contributed by atoms with E-state index in [2.05, 4.69) is 31.3 Å². The predicted molar refractivity (Wildman–Crippen MR) is 76.1 cm³/mol. The molecule has 1 aliphatic rings. The van der Waals surface area contributed by atoms with Crippen LogP contribution in [0.2, 0.25) is 0 Å². The molecule has 1 rings (SSSR count). The van der Waals surface area contributed by atoms with Crippen molar-refractivity contribution in [2.45, 2.75) is 64.3 Å². The number of hydrogen-bond donors (Lipinski definition) is 2. The Morgan fingerprint density at radius 1 is 1.35 bits per heavy atom. The lowest BCUT2D eigenvalue weighted by Gasteiger charge is -2.40. The Morgan fingerprint density at radius 3 is 2.59 bits per heavy atom. The Kier molecular flexibility index (Phi) is 6.83. The quantitative estimate of drug-likeness (QED) is 0.528. The fraction of sp³-hybridized carbons (Fsp3) is 0.867. The Balaban J connectivity index is 2.32. The van der Waals surface area contributed by atoms with Crippen molar-refractivity contribution in [3.8, 4) is 0 Å². The van der Waals surface area contributed by atoms with Crippen LogP contribution in [0.1, 0.15) is 58.8 Å². The zero-order valence-electron chi connectivity index (χ0n) is 11.7. The highest BCUT2D eigenvalue weighted by Gasteiger charge is 2.32. The van der Waals surface area contributed by atoms with E-state index in [0.717, 1.165) is 25.4 Å². The van der Waals surface area contributed by atoms with Crippen molar-refractivity contribution in [1.29, 1.82) is 0 Å². The van der Waals surface area contributed by atoms with Gasteiger partial charge in [-0.2, -0.15) is 0 Å². The van der Waals surface area contributed by atoms with Gasteiger partial charge in [-0.1, -0.05) is 31.9 Å². The molecule has 0 unspecified atom stereocenters. The lowest BCUT2D eigenvalue weighted by atomic mass is 9.75. The molecule has 3 N–H and O–H groups in total. The molecule has 2 heteroatoms. The molecule has 0 aromatic rings. The average molecular weight is 238 g/mol. The molecule has 0 heterocycles. The maximum Gasteiger partial charge on any atom is 0.0304 e. The molecular formula is C15H30N2. The SMILES string of the molecule is C/C=C/CCNC1(CN)CCC(CCC)CC1. The molecule has 2 nitrogen and oxygen atoms in total. The first kappa shape index (κ1) is 14.7. The van der Waals surface area contributed by atoms with Gasteiger partial charge in [0.15, 0.2) is 0 Å². The largest absolute Gasteiger partial charge is 0.329 e. The van der Waals surface area contributed by atoms with Gasteiger partial charge in [0, 0.05) is 12.1 Å². The number of nitrogens with two attached hydrogens (primary N) is 1. The van der Waals surface area contributed by atoms with Crippen molar-refractivity contribution < 1.29 is 0 Å². The van der Waals surface area contributed by atoms with E-state index in [4.69, 9.17) is 5.73 Å². The second-order valence-corrected chi connectivity index (χ2v) is 5.50. The zero-order chi connectivity index (χ0) is 12.6. The van der Waals surface area contributed by atoms with Gasteiger partial charge in [-0.15, -0.1) is 0 Å². The Bertz CT molecular complexity index is 215. The van der Waals surface area contributed by atoms with Gasteiger partial charge in [0.25, 0.3) is 0 Å². The fourth-order valence-electron chi connectivity index (χ4n) is 2.97. The molecule has 0 atom stereocenters. The van der Waals surface area contributed by atoms with Crippen molar-refractivity contribution in [3.05, 3.63) is 12.2 Å². The first-order chi connectivity index (χ1) is 8.26. The van der Waals surface area contributed by atoms with Crippen molar-refractivity contribution in [2.24, 2.45) is 11.7 Å². The molecule has 1 aliphatic carbocycles. The summed E-state index contributed by atoms with van der Waals surface area (Å²) in [4.78, 5) is 0. The summed E-state index contributed by atoms with van der Waals surface area (Å²) in [6, 6.07) is 0. The molecule has 17 heavy (non-hydrogen) atoms. The minimum atomic E-state index is 0.242. The fourth-order valence-corrected chi connectivity index (χ4v) is 2.97. The number of hydrogen-bond acceptors (Lipinski definition) is 2. The molecule has 0 aliphatic heterocycles. The molecule has 0 aromatic carbocycles. The topological polar surface area (TPSA) is 38.0 Å². The Morgan fingerprint density at radius 2 is 2.06 bits per heavy atom. The summed E-state index contributed by atoms with van der Waals surface area (Å²) in [5, 5.41) is 3.71. The van der Waals surface area contributed by atoms with Crippen LogP contribution in [0.4, 0.5) is 0 Å². The maximum atomic E-state index is 5.99. The van der Waals surface area contributed by atoms with Crippen molar-refractivity contribution in [1.82, 2.24) is 5.32 Å². The number of allylic oxidation sites excluding steroid dienone is 1. The monoisotopic (exact) mass is 238 g/mol. The summed E-state index contributed by atoms with van der Waals surface area (Å²) in [6.45, 7) is 6.23. The van der Waals surface area contributed by atoms with Crippen LogP contribution in [-0.4, -0.2) is 18.6 Å². The van der Waals surface area contributed by atoms with Crippen LogP contribution < -0.4 is 11.1 Å². The van der Waals surface area contributed by atoms with Gasteiger partial charge in [-0.05, 0) is 51.5 Å². The van der Waals surface area contributed by atoms with Crippen molar-refractivity contribution >= 4 is 0 Å². The van der Waals surface area contributed by atoms with Crippen LogP contribution >= 0.6 is 0 Å². The van der Waals surface area contributed by atoms with E-state index in [1.807, 2.05) is 0 Å². The van der Waals surface area contributed by atoms with E-state index in [1.165, 1.54) is 38.5 Å². The van der Waals surface area contributed by atoms with E-state index in [1.54, 1.807) is 0 Å². The van der Waals surface area contributed by atoms with Crippen LogP contribution in [0.3, 0.4) is 0 Å². The molecule has 100 valence electrons. The van der Waals surface area contributed by atoms with Gasteiger partial charge in [0.1, 0.15) is 0 Å². The summed E-state index contributed by atoms with van der Waals surface area (Å²) in [7, 11) is 0. The van der Waals surface area contributed by atoms with Gasteiger partial charge in [-0.3, -0.25) is 0 Å². The third-order valence-corrected chi connectivity index (χ3v) is 4.20. The van der Waals surface area contributed by atoms with Crippen molar-refractivity contribution in [2.75, 3.05) is 13.1 Å². The summed E-state index contributed by atoms with van der Waals surface area (Å²) < 4.78 is 0. The standard InChI is InChI=1S/C15H30N2/c1-3-5-6-12-17-15(13-16)10-8-14(7-4-2)9-11-15/h3,5,14,17H,4,6-13,16H2,1-2H3/b5-3+. The van der Waals surface area contributed by atoms with E-state index >= 15 is 0 Å².